The number of carbonyl (C=O) groups excluding carboxylic acids is 1. The van der Waals surface area contributed by atoms with E-state index in [1.165, 1.54) is 30.1 Å². The molecule has 4 nitrogen and oxygen atoms in total. The average molecular weight is 367 g/mol. The molecule has 2 aromatic carbocycles. The van der Waals surface area contributed by atoms with Gasteiger partial charge in [0.1, 0.15) is 11.5 Å². The molecular weight excluding hydrogens is 347 g/mol. The molecule has 140 valence electrons. The fourth-order valence-electron chi connectivity index (χ4n) is 2.37. The smallest absolute Gasteiger partial charge is 0.481 e. The second-order valence-corrected chi connectivity index (χ2v) is 5.92. The molecule has 0 saturated carbocycles. The first kappa shape index (κ1) is 19.6. The normalized spacial score (nSPS) is 12.4. The molecule has 1 unspecified atom stereocenters. The molecule has 0 fully saturated rings. The highest BCUT2D eigenvalue weighted by Gasteiger charge is 2.32. The molecule has 0 aliphatic rings. The quantitative estimate of drug-likeness (QED) is 0.763. The lowest BCUT2D eigenvalue weighted by Crippen LogP contribution is -2.37. The summed E-state index contributed by atoms with van der Waals surface area (Å²) in [6.07, 6.45) is -5.57. The molecule has 1 amide bonds. The number of ether oxygens (including phenoxy) is 2. The van der Waals surface area contributed by atoms with E-state index in [1.54, 1.807) is 25.1 Å². The van der Waals surface area contributed by atoms with Crippen LogP contribution in [0.2, 0.25) is 0 Å². The Morgan fingerprint density at radius 3 is 2.35 bits per heavy atom. The topological polar surface area (TPSA) is 38.8 Å². The van der Waals surface area contributed by atoms with Gasteiger partial charge in [-0.15, -0.1) is 13.2 Å². The summed E-state index contributed by atoms with van der Waals surface area (Å²) in [4.78, 5) is 13.8. The number of aryl methyl sites for hydroxylation is 1. The summed E-state index contributed by atoms with van der Waals surface area (Å²) < 4.78 is 47.1. The number of hydrogen-bond acceptors (Lipinski definition) is 3. The van der Waals surface area contributed by atoms with E-state index in [1.807, 2.05) is 19.1 Å². The summed E-state index contributed by atoms with van der Waals surface area (Å²) in [6, 6.07) is 13.0. The highest BCUT2D eigenvalue weighted by atomic mass is 19.4. The molecule has 26 heavy (non-hydrogen) atoms. The summed E-state index contributed by atoms with van der Waals surface area (Å²) >= 11 is 0. The van der Waals surface area contributed by atoms with E-state index in [-0.39, 0.29) is 23.8 Å². The molecular formula is C19H20F3NO3. The molecule has 2 aromatic rings. The van der Waals surface area contributed by atoms with E-state index in [0.29, 0.717) is 5.75 Å². The molecule has 0 aliphatic carbocycles. The predicted molar refractivity (Wildman–Crippen MR) is 90.9 cm³/mol. The molecule has 0 bridgehead atoms. The van der Waals surface area contributed by atoms with E-state index in [4.69, 9.17) is 4.74 Å². The van der Waals surface area contributed by atoms with Crippen LogP contribution in [0.15, 0.2) is 48.5 Å². The van der Waals surface area contributed by atoms with Gasteiger partial charge in [-0.2, -0.15) is 0 Å². The lowest BCUT2D eigenvalue weighted by Gasteiger charge is -2.23. The number of carbonyl (C=O) groups is 1. The molecule has 0 aliphatic heterocycles. The fraction of sp³-hybridized carbons (Fsp3) is 0.316. The van der Waals surface area contributed by atoms with Crippen molar-refractivity contribution in [2.75, 3.05) is 7.05 Å². The van der Waals surface area contributed by atoms with Crippen LogP contribution in [0.4, 0.5) is 13.2 Å². The summed E-state index contributed by atoms with van der Waals surface area (Å²) in [7, 11) is 1.50. The maximum atomic E-state index is 12.5. The minimum absolute atomic E-state index is 0.0350. The average Bonchev–Trinajstić information content (AvgIpc) is 2.56. The lowest BCUT2D eigenvalue weighted by molar-refractivity contribution is -0.275. The number of benzene rings is 2. The maximum absolute atomic E-state index is 12.5. The van der Waals surface area contributed by atoms with E-state index in [9.17, 15) is 18.0 Å². The molecule has 0 radical (unpaired) electrons. The van der Waals surface area contributed by atoms with Crippen molar-refractivity contribution in [3.05, 3.63) is 59.7 Å². The van der Waals surface area contributed by atoms with Crippen LogP contribution in [0.5, 0.6) is 11.5 Å². The zero-order valence-electron chi connectivity index (χ0n) is 14.7. The Morgan fingerprint density at radius 1 is 1.12 bits per heavy atom. The number of amides is 1. The first-order valence-electron chi connectivity index (χ1n) is 7.97. The molecule has 2 rings (SSSR count). The fourth-order valence-corrected chi connectivity index (χ4v) is 2.37. The number of para-hydroxylation sites is 1. The van der Waals surface area contributed by atoms with Gasteiger partial charge >= 0.3 is 6.36 Å². The van der Waals surface area contributed by atoms with Gasteiger partial charge < -0.3 is 14.4 Å². The monoisotopic (exact) mass is 367 g/mol. The van der Waals surface area contributed by atoms with Gasteiger partial charge in [-0.1, -0.05) is 35.9 Å². The Balaban J connectivity index is 2.03. The van der Waals surface area contributed by atoms with E-state index in [2.05, 4.69) is 4.74 Å². The summed E-state index contributed by atoms with van der Waals surface area (Å²) in [5.74, 6) is -0.134. The van der Waals surface area contributed by atoms with Gasteiger partial charge in [0, 0.05) is 19.2 Å². The first-order chi connectivity index (χ1) is 12.2. The van der Waals surface area contributed by atoms with Crippen LogP contribution < -0.4 is 9.47 Å². The van der Waals surface area contributed by atoms with Gasteiger partial charge in [-0.05, 0) is 32.0 Å². The standard InChI is InChI=1S/C19H20F3NO3/c1-13-8-10-16(11-9-13)25-14(2)18(24)23(3)12-15-6-4-5-7-17(15)26-19(20,21)22/h4-11,14H,12H2,1-3H3. The highest BCUT2D eigenvalue weighted by molar-refractivity contribution is 5.80. The first-order valence-corrected chi connectivity index (χ1v) is 7.97. The Bertz CT molecular complexity index is 744. The summed E-state index contributed by atoms with van der Waals surface area (Å²) in [5.41, 5.74) is 1.32. The third-order valence-corrected chi connectivity index (χ3v) is 3.66. The second-order valence-electron chi connectivity index (χ2n) is 5.92. The van der Waals surface area contributed by atoms with Gasteiger partial charge in [0.2, 0.25) is 0 Å². The van der Waals surface area contributed by atoms with Gasteiger partial charge in [-0.3, -0.25) is 4.79 Å². The lowest BCUT2D eigenvalue weighted by atomic mass is 10.2. The van der Waals surface area contributed by atoms with Crippen molar-refractivity contribution in [1.29, 1.82) is 0 Å². The Kier molecular flexibility index (Phi) is 6.13. The van der Waals surface area contributed by atoms with Crippen molar-refractivity contribution in [2.24, 2.45) is 0 Å². The molecule has 0 spiro atoms. The van der Waals surface area contributed by atoms with Gasteiger partial charge in [0.05, 0.1) is 0 Å². The zero-order chi connectivity index (χ0) is 19.3. The third-order valence-electron chi connectivity index (χ3n) is 3.66. The molecule has 0 N–H and O–H groups in total. The van der Waals surface area contributed by atoms with Crippen molar-refractivity contribution < 1.29 is 27.4 Å². The van der Waals surface area contributed by atoms with E-state index >= 15 is 0 Å². The minimum atomic E-state index is -4.79. The maximum Gasteiger partial charge on any atom is 0.573 e. The van der Waals surface area contributed by atoms with Crippen LogP contribution in [0.3, 0.4) is 0 Å². The van der Waals surface area contributed by atoms with Gasteiger partial charge in [-0.25, -0.2) is 0 Å². The third kappa shape index (κ3) is 5.68. The molecule has 0 saturated heterocycles. The number of likely N-dealkylation sites (N-methyl/N-ethyl adjacent to an activating group) is 1. The molecule has 0 heterocycles. The van der Waals surface area contributed by atoms with Crippen molar-refractivity contribution >= 4 is 5.91 Å². The SMILES string of the molecule is Cc1ccc(OC(C)C(=O)N(C)Cc2ccccc2OC(F)(F)F)cc1. The summed E-state index contributed by atoms with van der Waals surface area (Å²) in [6.45, 7) is 3.50. The minimum Gasteiger partial charge on any atom is -0.481 e. The number of halogens is 3. The molecule has 0 aromatic heterocycles. The largest absolute Gasteiger partial charge is 0.573 e. The number of rotatable bonds is 6. The van der Waals surface area contributed by atoms with Gasteiger partial charge in [0.15, 0.2) is 6.10 Å². The van der Waals surface area contributed by atoms with Crippen LogP contribution in [-0.4, -0.2) is 30.3 Å². The van der Waals surface area contributed by atoms with Crippen LogP contribution in [0.1, 0.15) is 18.1 Å². The highest BCUT2D eigenvalue weighted by Crippen LogP contribution is 2.27. The van der Waals surface area contributed by atoms with Crippen molar-refractivity contribution in [3.8, 4) is 11.5 Å². The molecule has 7 heteroatoms. The van der Waals surface area contributed by atoms with Crippen LogP contribution >= 0.6 is 0 Å². The number of hydrogen-bond donors (Lipinski definition) is 0. The van der Waals surface area contributed by atoms with Crippen LogP contribution in [0, 0.1) is 6.92 Å². The number of nitrogens with zero attached hydrogens (tertiary/aromatic N) is 1. The van der Waals surface area contributed by atoms with E-state index in [0.717, 1.165) is 5.56 Å². The van der Waals surface area contributed by atoms with Crippen molar-refractivity contribution in [1.82, 2.24) is 4.90 Å². The second kappa shape index (κ2) is 8.12. The molecule has 1 atom stereocenters. The Morgan fingerprint density at radius 2 is 1.73 bits per heavy atom. The van der Waals surface area contributed by atoms with Gasteiger partial charge in [0.25, 0.3) is 5.91 Å². The predicted octanol–water partition coefficient (Wildman–Crippen LogP) is 4.32. The summed E-state index contributed by atoms with van der Waals surface area (Å²) in [5, 5.41) is 0. The van der Waals surface area contributed by atoms with Crippen molar-refractivity contribution in [3.63, 3.8) is 0 Å². The Labute approximate surface area is 150 Å². The Hall–Kier alpha value is -2.70. The van der Waals surface area contributed by atoms with E-state index < -0.39 is 12.5 Å². The zero-order valence-corrected chi connectivity index (χ0v) is 14.7. The van der Waals surface area contributed by atoms with Crippen LogP contribution in [0.25, 0.3) is 0 Å². The number of alkyl halides is 3. The van der Waals surface area contributed by atoms with Crippen molar-refractivity contribution in [2.45, 2.75) is 32.9 Å². The van der Waals surface area contributed by atoms with Crippen LogP contribution in [-0.2, 0) is 11.3 Å².